The van der Waals surface area contributed by atoms with Gasteiger partial charge in [-0.2, -0.15) is 0 Å². The third-order valence-corrected chi connectivity index (χ3v) is 3.31. The number of fused-ring (bicyclic) bond motifs is 1. The van der Waals surface area contributed by atoms with E-state index in [1.54, 1.807) is 0 Å². The van der Waals surface area contributed by atoms with Crippen molar-refractivity contribution in [2.24, 2.45) is 0 Å². The Hall–Kier alpha value is -0.960. The molecule has 0 bridgehead atoms. The summed E-state index contributed by atoms with van der Waals surface area (Å²) < 4.78 is 1.11. The molecule has 0 atom stereocenters. The summed E-state index contributed by atoms with van der Waals surface area (Å²) in [5, 5.41) is 6.82. The minimum absolute atomic E-state index is 0.935. The number of nitrogens with one attached hydrogen (secondary N) is 2. The molecule has 2 nitrogen and oxygen atoms in total. The fourth-order valence-corrected chi connectivity index (χ4v) is 2.28. The van der Waals surface area contributed by atoms with Crippen molar-refractivity contribution >= 4 is 27.3 Å². The predicted octanol–water partition coefficient (Wildman–Crippen LogP) is 3.75. The van der Waals surface area contributed by atoms with Crippen LogP contribution >= 0.6 is 15.9 Å². The number of hydrogen-bond donors (Lipinski definition) is 2. The van der Waals surface area contributed by atoms with Gasteiger partial charge in [-0.25, -0.2) is 0 Å². The SMILES string of the molecule is C=C1CCNc2c(Br)ccc(CC)c2N1. The number of anilines is 2. The molecule has 1 aromatic rings. The smallest absolute Gasteiger partial charge is 0.0726 e. The van der Waals surface area contributed by atoms with Crippen molar-refractivity contribution in [3.8, 4) is 0 Å². The average molecular weight is 267 g/mol. The molecule has 3 heteroatoms. The average Bonchev–Trinajstić information content (AvgIpc) is 2.41. The van der Waals surface area contributed by atoms with Crippen molar-refractivity contribution in [2.75, 3.05) is 17.2 Å². The van der Waals surface area contributed by atoms with Gasteiger partial charge in [-0.15, -0.1) is 0 Å². The summed E-state index contributed by atoms with van der Waals surface area (Å²) in [7, 11) is 0. The van der Waals surface area contributed by atoms with E-state index in [0.29, 0.717) is 0 Å². The van der Waals surface area contributed by atoms with Gasteiger partial charge in [0.2, 0.25) is 0 Å². The van der Waals surface area contributed by atoms with Crippen LogP contribution in [0.3, 0.4) is 0 Å². The van der Waals surface area contributed by atoms with Crippen LogP contribution in [0.25, 0.3) is 0 Å². The van der Waals surface area contributed by atoms with Crippen LogP contribution in [0.2, 0.25) is 0 Å². The number of benzene rings is 1. The molecule has 0 spiro atoms. The molecule has 0 unspecified atom stereocenters. The van der Waals surface area contributed by atoms with Crippen LogP contribution in [0, 0.1) is 0 Å². The Bertz CT molecular complexity index is 399. The molecule has 0 saturated heterocycles. The molecule has 2 N–H and O–H groups in total. The second-order valence-corrected chi connectivity index (χ2v) is 4.57. The molecular weight excluding hydrogens is 252 g/mol. The van der Waals surface area contributed by atoms with Crippen LogP contribution in [0.15, 0.2) is 28.9 Å². The van der Waals surface area contributed by atoms with Crippen LogP contribution in [0.5, 0.6) is 0 Å². The molecular formula is C12H15BrN2. The second kappa shape index (κ2) is 4.27. The summed E-state index contributed by atoms with van der Waals surface area (Å²) in [6.45, 7) is 7.11. The maximum Gasteiger partial charge on any atom is 0.0726 e. The van der Waals surface area contributed by atoms with Crippen LogP contribution < -0.4 is 10.6 Å². The molecule has 80 valence electrons. The normalized spacial score (nSPS) is 14.9. The molecule has 2 rings (SSSR count). The lowest BCUT2D eigenvalue weighted by atomic mass is 10.1. The number of halogens is 1. The standard InChI is InChI=1S/C12H15BrN2/c1-3-9-4-5-10(13)12-11(9)15-8(2)6-7-14-12/h4-5,14-15H,2-3,6-7H2,1H3. The van der Waals surface area contributed by atoms with Gasteiger partial charge in [0.25, 0.3) is 0 Å². The maximum atomic E-state index is 4.01. The molecule has 1 aromatic carbocycles. The van der Waals surface area contributed by atoms with Crippen molar-refractivity contribution in [1.29, 1.82) is 0 Å². The number of aryl methyl sites for hydroxylation is 1. The zero-order chi connectivity index (χ0) is 10.8. The summed E-state index contributed by atoms with van der Waals surface area (Å²) in [6.07, 6.45) is 1.99. The first-order chi connectivity index (χ1) is 7.22. The molecule has 1 aliphatic heterocycles. The van der Waals surface area contributed by atoms with Crippen molar-refractivity contribution in [3.05, 3.63) is 34.4 Å². The van der Waals surface area contributed by atoms with E-state index < -0.39 is 0 Å². The van der Waals surface area contributed by atoms with E-state index in [-0.39, 0.29) is 0 Å². The summed E-state index contributed by atoms with van der Waals surface area (Å²) in [5.74, 6) is 0. The zero-order valence-corrected chi connectivity index (χ0v) is 10.4. The van der Waals surface area contributed by atoms with E-state index in [0.717, 1.165) is 35.2 Å². The van der Waals surface area contributed by atoms with Crippen LogP contribution in [0.1, 0.15) is 18.9 Å². The monoisotopic (exact) mass is 266 g/mol. The zero-order valence-electron chi connectivity index (χ0n) is 8.86. The predicted molar refractivity (Wildman–Crippen MR) is 69.4 cm³/mol. The lowest BCUT2D eigenvalue weighted by Gasteiger charge is -2.15. The Morgan fingerprint density at radius 1 is 1.40 bits per heavy atom. The van der Waals surface area contributed by atoms with Gasteiger partial charge in [0, 0.05) is 23.1 Å². The van der Waals surface area contributed by atoms with Gasteiger partial charge in [0.1, 0.15) is 0 Å². The summed E-state index contributed by atoms with van der Waals surface area (Å²) in [5.41, 5.74) is 4.74. The van der Waals surface area contributed by atoms with E-state index in [9.17, 15) is 0 Å². The third-order valence-electron chi connectivity index (χ3n) is 2.65. The molecule has 0 aromatic heterocycles. The van der Waals surface area contributed by atoms with Crippen LogP contribution in [0.4, 0.5) is 11.4 Å². The Morgan fingerprint density at radius 3 is 2.93 bits per heavy atom. The highest BCUT2D eigenvalue weighted by Gasteiger charge is 2.14. The van der Waals surface area contributed by atoms with Crippen molar-refractivity contribution in [1.82, 2.24) is 0 Å². The van der Waals surface area contributed by atoms with Gasteiger partial charge < -0.3 is 10.6 Å². The van der Waals surface area contributed by atoms with Crippen LogP contribution in [-0.4, -0.2) is 6.54 Å². The summed E-state index contributed by atoms with van der Waals surface area (Å²) in [4.78, 5) is 0. The van der Waals surface area contributed by atoms with E-state index in [4.69, 9.17) is 0 Å². The van der Waals surface area contributed by atoms with E-state index >= 15 is 0 Å². The Balaban J connectivity index is 2.53. The molecule has 0 radical (unpaired) electrons. The molecule has 0 saturated carbocycles. The highest BCUT2D eigenvalue weighted by atomic mass is 79.9. The van der Waals surface area contributed by atoms with Crippen molar-refractivity contribution in [2.45, 2.75) is 19.8 Å². The first-order valence-corrected chi connectivity index (χ1v) is 6.01. The topological polar surface area (TPSA) is 24.1 Å². The van der Waals surface area contributed by atoms with Crippen LogP contribution in [-0.2, 0) is 6.42 Å². The fraction of sp³-hybridized carbons (Fsp3) is 0.333. The molecule has 0 aliphatic carbocycles. The molecule has 15 heavy (non-hydrogen) atoms. The first kappa shape index (κ1) is 10.6. The minimum Gasteiger partial charge on any atom is -0.382 e. The Morgan fingerprint density at radius 2 is 2.20 bits per heavy atom. The lowest BCUT2D eigenvalue weighted by Crippen LogP contribution is -2.00. The van der Waals surface area contributed by atoms with Crippen molar-refractivity contribution < 1.29 is 0 Å². The maximum absolute atomic E-state index is 4.01. The van der Waals surface area contributed by atoms with E-state index in [2.05, 4.69) is 52.2 Å². The first-order valence-electron chi connectivity index (χ1n) is 5.22. The molecule has 0 fully saturated rings. The van der Waals surface area contributed by atoms with Gasteiger partial charge >= 0.3 is 0 Å². The summed E-state index contributed by atoms with van der Waals surface area (Å²) >= 11 is 3.57. The van der Waals surface area contributed by atoms with Gasteiger partial charge in [-0.05, 0) is 34.0 Å². The minimum atomic E-state index is 0.935. The van der Waals surface area contributed by atoms with E-state index in [1.165, 1.54) is 11.3 Å². The second-order valence-electron chi connectivity index (χ2n) is 3.72. The highest BCUT2D eigenvalue weighted by Crippen LogP contribution is 2.36. The Kier molecular flexibility index (Phi) is 3.00. The largest absolute Gasteiger partial charge is 0.382 e. The lowest BCUT2D eigenvalue weighted by molar-refractivity contribution is 1.03. The molecule has 1 aliphatic rings. The highest BCUT2D eigenvalue weighted by molar-refractivity contribution is 9.10. The van der Waals surface area contributed by atoms with Gasteiger partial charge in [0.15, 0.2) is 0 Å². The van der Waals surface area contributed by atoms with E-state index in [1.807, 2.05) is 0 Å². The third kappa shape index (κ3) is 2.02. The van der Waals surface area contributed by atoms with Gasteiger partial charge in [0.05, 0.1) is 11.4 Å². The van der Waals surface area contributed by atoms with Gasteiger partial charge in [-0.1, -0.05) is 19.6 Å². The van der Waals surface area contributed by atoms with Crippen molar-refractivity contribution in [3.63, 3.8) is 0 Å². The number of rotatable bonds is 1. The molecule has 1 heterocycles. The Labute approximate surface area is 98.9 Å². The number of hydrogen-bond acceptors (Lipinski definition) is 2. The quantitative estimate of drug-likeness (QED) is 0.809. The fourth-order valence-electron chi connectivity index (χ4n) is 1.81. The van der Waals surface area contributed by atoms with Gasteiger partial charge in [-0.3, -0.25) is 0 Å². The summed E-state index contributed by atoms with van der Waals surface area (Å²) in [6, 6.07) is 4.25. The molecule has 0 amide bonds.